The quantitative estimate of drug-likeness (QED) is 0.845. The van der Waals surface area contributed by atoms with Gasteiger partial charge in [0.2, 0.25) is 0 Å². The Morgan fingerprint density at radius 3 is 2.77 bits per heavy atom. The van der Waals surface area contributed by atoms with Gasteiger partial charge < -0.3 is 15.1 Å². The maximum atomic E-state index is 12.6. The molecule has 0 aliphatic carbocycles. The van der Waals surface area contributed by atoms with Gasteiger partial charge in [0.1, 0.15) is 0 Å². The first-order valence-electron chi connectivity index (χ1n) is 7.88. The van der Waals surface area contributed by atoms with E-state index in [0.717, 1.165) is 0 Å². The molecule has 0 saturated carbocycles. The van der Waals surface area contributed by atoms with E-state index in [1.165, 1.54) is 11.0 Å². The van der Waals surface area contributed by atoms with E-state index in [4.69, 9.17) is 0 Å². The Hall–Kier alpha value is -2.94. The topological polar surface area (TPSA) is 99.1 Å². The van der Waals surface area contributed by atoms with E-state index in [0.29, 0.717) is 11.3 Å². The number of hydrogen-bond donors (Lipinski definition) is 1. The van der Waals surface area contributed by atoms with Crippen LogP contribution in [0.4, 0.5) is 5.69 Å². The molecule has 136 valence electrons. The van der Waals surface area contributed by atoms with Crippen molar-refractivity contribution in [3.8, 4) is 0 Å². The zero-order valence-electron chi connectivity index (χ0n) is 14.3. The fourth-order valence-electron chi connectivity index (χ4n) is 2.58. The number of allylic oxidation sites excluding steroid dienone is 2. The van der Waals surface area contributed by atoms with Crippen LogP contribution in [0.25, 0.3) is 0 Å². The smallest absolute Gasteiger partial charge is 0.259 e. The monoisotopic (exact) mass is 374 g/mol. The van der Waals surface area contributed by atoms with Crippen molar-refractivity contribution in [1.29, 1.82) is 0 Å². The molecule has 0 unspecified atom stereocenters. The van der Waals surface area contributed by atoms with Crippen LogP contribution < -0.4 is 5.32 Å². The highest BCUT2D eigenvalue weighted by Crippen LogP contribution is 2.20. The highest BCUT2D eigenvalue weighted by Gasteiger charge is 2.30. The first-order chi connectivity index (χ1) is 12.3. The molecule has 0 atom stereocenters. The molecular weight excluding hydrogens is 356 g/mol. The molecule has 0 saturated heterocycles. The predicted octanol–water partition coefficient (Wildman–Crippen LogP) is 0.825. The van der Waals surface area contributed by atoms with Gasteiger partial charge in [-0.25, -0.2) is 8.42 Å². The molecule has 0 bridgehead atoms. The predicted molar refractivity (Wildman–Crippen MR) is 98.2 cm³/mol. The molecule has 3 rings (SSSR count). The molecule has 0 radical (unpaired) electrons. The number of carbonyl (C=O) groups excluding carboxylic acids is 2. The molecule has 0 spiro atoms. The van der Waals surface area contributed by atoms with E-state index in [1.807, 2.05) is 0 Å². The summed E-state index contributed by atoms with van der Waals surface area (Å²) in [6.45, 7) is 0.245. The minimum Gasteiger partial charge on any atom is -0.345 e. The van der Waals surface area contributed by atoms with Crippen LogP contribution in [-0.4, -0.2) is 62.3 Å². The van der Waals surface area contributed by atoms with Crippen molar-refractivity contribution in [2.45, 2.75) is 0 Å². The van der Waals surface area contributed by atoms with Crippen LogP contribution in [0.5, 0.6) is 0 Å². The summed E-state index contributed by atoms with van der Waals surface area (Å²) in [5.41, 5.74) is 1.02. The van der Waals surface area contributed by atoms with Gasteiger partial charge in [-0.3, -0.25) is 9.59 Å². The van der Waals surface area contributed by atoms with Crippen molar-refractivity contribution in [2.75, 3.05) is 31.7 Å². The highest BCUT2D eigenvalue weighted by atomic mass is 32.2. The number of amidine groups is 1. The van der Waals surface area contributed by atoms with E-state index in [-0.39, 0.29) is 29.6 Å². The number of carbonyl (C=O) groups is 2. The van der Waals surface area contributed by atoms with Gasteiger partial charge in [-0.2, -0.15) is 0 Å². The lowest BCUT2D eigenvalue weighted by Gasteiger charge is -2.28. The van der Waals surface area contributed by atoms with Gasteiger partial charge in [0, 0.05) is 38.1 Å². The lowest BCUT2D eigenvalue weighted by atomic mass is 10.1. The molecule has 9 heteroatoms. The van der Waals surface area contributed by atoms with Gasteiger partial charge >= 0.3 is 0 Å². The Balaban J connectivity index is 1.85. The van der Waals surface area contributed by atoms with Gasteiger partial charge in [0.25, 0.3) is 21.8 Å². The molecule has 1 aromatic rings. The average Bonchev–Trinajstić information content (AvgIpc) is 2.59. The van der Waals surface area contributed by atoms with Crippen LogP contribution in [0.1, 0.15) is 10.4 Å². The summed E-state index contributed by atoms with van der Waals surface area (Å²) in [5, 5.41) is 2.69. The Morgan fingerprint density at radius 1 is 1.27 bits per heavy atom. The Labute approximate surface area is 151 Å². The van der Waals surface area contributed by atoms with E-state index in [1.54, 1.807) is 55.5 Å². The van der Waals surface area contributed by atoms with Gasteiger partial charge in [-0.05, 0) is 30.4 Å². The standard InChI is InChI=1S/C17H18N4O4S/c1-20(2)17(23)12-5-3-6-13(11-12)18-16(22)14-7-4-8-21-9-10-26(24,25)19-15(14)21/h3-8,11H,9-10H2,1-2H3,(H,18,22). The molecule has 2 aliphatic rings. The summed E-state index contributed by atoms with van der Waals surface area (Å²) in [5.74, 6) is -0.666. The van der Waals surface area contributed by atoms with Crippen molar-refractivity contribution < 1.29 is 18.0 Å². The molecule has 2 heterocycles. The second-order valence-electron chi connectivity index (χ2n) is 6.05. The van der Waals surface area contributed by atoms with Crippen molar-refractivity contribution in [1.82, 2.24) is 9.80 Å². The van der Waals surface area contributed by atoms with Crippen molar-refractivity contribution in [2.24, 2.45) is 4.40 Å². The van der Waals surface area contributed by atoms with Crippen LogP contribution in [0, 0.1) is 0 Å². The van der Waals surface area contributed by atoms with Crippen molar-refractivity contribution >= 4 is 33.4 Å². The molecular formula is C17H18N4O4S. The maximum absolute atomic E-state index is 12.6. The van der Waals surface area contributed by atoms with Crippen molar-refractivity contribution in [3.05, 3.63) is 53.8 Å². The highest BCUT2D eigenvalue weighted by molar-refractivity contribution is 7.90. The Morgan fingerprint density at radius 2 is 2.04 bits per heavy atom. The first-order valence-corrected chi connectivity index (χ1v) is 9.49. The van der Waals surface area contributed by atoms with E-state index in [2.05, 4.69) is 9.71 Å². The molecule has 1 N–H and O–H groups in total. The zero-order chi connectivity index (χ0) is 18.9. The van der Waals surface area contributed by atoms with Gasteiger partial charge in [0.05, 0.1) is 11.3 Å². The number of sulfonamides is 1. The van der Waals surface area contributed by atoms with Crippen LogP contribution in [0.3, 0.4) is 0 Å². The Bertz CT molecular complexity index is 961. The molecule has 2 aliphatic heterocycles. The molecule has 0 fully saturated rings. The molecule has 26 heavy (non-hydrogen) atoms. The zero-order valence-corrected chi connectivity index (χ0v) is 15.2. The summed E-state index contributed by atoms with van der Waals surface area (Å²) < 4.78 is 27.3. The number of fused-ring (bicyclic) bond motifs is 1. The Kier molecular flexibility index (Phi) is 4.64. The summed E-state index contributed by atoms with van der Waals surface area (Å²) in [6, 6.07) is 6.54. The number of nitrogens with zero attached hydrogens (tertiary/aromatic N) is 3. The number of rotatable bonds is 3. The van der Waals surface area contributed by atoms with E-state index in [9.17, 15) is 18.0 Å². The summed E-state index contributed by atoms with van der Waals surface area (Å²) >= 11 is 0. The average molecular weight is 374 g/mol. The normalized spacial score (nSPS) is 17.7. The second kappa shape index (κ2) is 6.75. The molecule has 0 aromatic heterocycles. The lowest BCUT2D eigenvalue weighted by Crippen LogP contribution is -2.40. The first kappa shape index (κ1) is 17.9. The van der Waals surface area contributed by atoms with Gasteiger partial charge in [-0.1, -0.05) is 6.07 Å². The number of benzene rings is 1. The third-order valence-electron chi connectivity index (χ3n) is 3.88. The van der Waals surface area contributed by atoms with Gasteiger partial charge in [-0.15, -0.1) is 4.40 Å². The fourth-order valence-corrected chi connectivity index (χ4v) is 3.57. The number of nitrogens with one attached hydrogen (secondary N) is 1. The maximum Gasteiger partial charge on any atom is 0.259 e. The number of anilines is 1. The summed E-state index contributed by atoms with van der Waals surface area (Å²) in [6.07, 6.45) is 4.86. The molecule has 1 aromatic carbocycles. The van der Waals surface area contributed by atoms with E-state index >= 15 is 0 Å². The third-order valence-corrected chi connectivity index (χ3v) is 5.03. The minimum atomic E-state index is -3.58. The number of amides is 2. The fraction of sp³-hybridized carbons (Fsp3) is 0.235. The summed E-state index contributed by atoms with van der Waals surface area (Å²) in [4.78, 5) is 27.7. The molecule has 2 amide bonds. The van der Waals surface area contributed by atoms with Crippen LogP contribution in [0.15, 0.2) is 52.6 Å². The van der Waals surface area contributed by atoms with Gasteiger partial charge in [0.15, 0.2) is 5.84 Å². The van der Waals surface area contributed by atoms with Crippen LogP contribution in [0.2, 0.25) is 0 Å². The minimum absolute atomic E-state index is 0.0928. The van der Waals surface area contributed by atoms with Crippen molar-refractivity contribution in [3.63, 3.8) is 0 Å². The van der Waals surface area contributed by atoms with E-state index < -0.39 is 15.9 Å². The SMILES string of the molecule is CN(C)C(=O)c1cccc(NC(=O)C2=CC=CN3CCS(=O)(=O)N=C23)c1. The molecule has 8 nitrogen and oxygen atoms in total. The lowest BCUT2D eigenvalue weighted by molar-refractivity contribution is -0.112. The second-order valence-corrected chi connectivity index (χ2v) is 7.81. The largest absolute Gasteiger partial charge is 0.345 e. The van der Waals surface area contributed by atoms with Crippen LogP contribution >= 0.6 is 0 Å². The van der Waals surface area contributed by atoms with Crippen LogP contribution in [-0.2, 0) is 14.8 Å². The third kappa shape index (κ3) is 3.67. The number of hydrogen-bond acceptors (Lipinski definition) is 5. The summed E-state index contributed by atoms with van der Waals surface area (Å²) in [7, 11) is -0.295.